The molecule has 0 atom stereocenters. The van der Waals surface area contributed by atoms with Crippen LogP contribution in [0.4, 0.5) is 4.39 Å². The summed E-state index contributed by atoms with van der Waals surface area (Å²) in [5, 5.41) is 1.94. The Morgan fingerprint density at radius 1 is 1.04 bits per heavy atom. The van der Waals surface area contributed by atoms with Gasteiger partial charge in [0.1, 0.15) is 5.82 Å². The summed E-state index contributed by atoms with van der Waals surface area (Å²) < 4.78 is 13.6. The number of carbonyl (C=O) groups is 2. The third-order valence-electron chi connectivity index (χ3n) is 3.30. The van der Waals surface area contributed by atoms with Crippen LogP contribution in [-0.2, 0) is 4.79 Å². The van der Waals surface area contributed by atoms with Crippen molar-refractivity contribution in [2.75, 3.05) is 5.75 Å². The van der Waals surface area contributed by atoms with Gasteiger partial charge in [0.05, 0.1) is 11.4 Å². The maximum atomic E-state index is 12.8. The Labute approximate surface area is 157 Å². The molecule has 0 aliphatic heterocycles. The van der Waals surface area contributed by atoms with Gasteiger partial charge in [-0.1, -0.05) is 42.1 Å². The zero-order valence-electron chi connectivity index (χ0n) is 13.4. The van der Waals surface area contributed by atoms with Gasteiger partial charge in [0.25, 0.3) is 5.91 Å². The lowest BCUT2D eigenvalue weighted by Crippen LogP contribution is -2.42. The van der Waals surface area contributed by atoms with Gasteiger partial charge in [-0.3, -0.25) is 20.4 Å². The van der Waals surface area contributed by atoms with E-state index in [4.69, 9.17) is 0 Å². The second-order valence-corrected chi connectivity index (χ2v) is 7.24. The molecule has 8 heteroatoms. The van der Waals surface area contributed by atoms with Gasteiger partial charge >= 0.3 is 0 Å². The number of carbonyl (C=O) groups excluding carboxylic acids is 2. The van der Waals surface area contributed by atoms with Crippen LogP contribution in [0.25, 0.3) is 11.3 Å². The molecule has 2 aromatic carbocycles. The molecule has 0 unspecified atom stereocenters. The molecule has 26 heavy (non-hydrogen) atoms. The SMILES string of the molecule is O=C(CSc1nc(-c2ccccc2)cs1)NNC(=O)c1ccc(F)cc1. The second kappa shape index (κ2) is 8.59. The number of thiazole rings is 1. The molecule has 5 nitrogen and oxygen atoms in total. The van der Waals surface area contributed by atoms with E-state index >= 15 is 0 Å². The minimum absolute atomic E-state index is 0.117. The van der Waals surface area contributed by atoms with Crippen LogP contribution < -0.4 is 10.9 Å². The average molecular weight is 387 g/mol. The minimum atomic E-state index is -0.510. The molecular formula is C18H14FN3O2S2. The average Bonchev–Trinajstić information content (AvgIpc) is 3.15. The molecule has 1 heterocycles. The van der Waals surface area contributed by atoms with Crippen molar-refractivity contribution in [1.29, 1.82) is 0 Å². The smallest absolute Gasteiger partial charge is 0.269 e. The van der Waals surface area contributed by atoms with E-state index in [1.807, 2.05) is 35.7 Å². The summed E-state index contributed by atoms with van der Waals surface area (Å²) >= 11 is 2.75. The standard InChI is InChI=1S/C18H14FN3O2S2/c19-14-8-6-13(7-9-14)17(24)22-21-16(23)11-26-18-20-15(10-25-18)12-4-2-1-3-5-12/h1-10H,11H2,(H,21,23)(H,22,24). The Kier molecular flexibility index (Phi) is 5.98. The Morgan fingerprint density at radius 3 is 2.50 bits per heavy atom. The van der Waals surface area contributed by atoms with Crippen LogP contribution in [0.15, 0.2) is 64.3 Å². The van der Waals surface area contributed by atoms with E-state index in [1.165, 1.54) is 47.4 Å². The summed E-state index contributed by atoms with van der Waals surface area (Å²) in [6.45, 7) is 0. The molecule has 0 aliphatic rings. The monoisotopic (exact) mass is 387 g/mol. The maximum Gasteiger partial charge on any atom is 0.269 e. The van der Waals surface area contributed by atoms with E-state index < -0.39 is 11.7 Å². The van der Waals surface area contributed by atoms with Gasteiger partial charge in [-0.2, -0.15) is 0 Å². The maximum absolute atomic E-state index is 12.8. The molecule has 0 fully saturated rings. The first-order valence-corrected chi connectivity index (χ1v) is 9.47. The fraction of sp³-hybridized carbons (Fsp3) is 0.0556. The molecule has 2 N–H and O–H groups in total. The van der Waals surface area contributed by atoms with E-state index in [9.17, 15) is 14.0 Å². The summed E-state index contributed by atoms with van der Waals surface area (Å²) in [5.74, 6) is -1.18. The van der Waals surface area contributed by atoms with Crippen LogP contribution in [0.1, 0.15) is 10.4 Å². The largest absolute Gasteiger partial charge is 0.272 e. The molecular weight excluding hydrogens is 373 g/mol. The van der Waals surface area contributed by atoms with E-state index in [-0.39, 0.29) is 17.2 Å². The first-order valence-electron chi connectivity index (χ1n) is 7.60. The predicted octanol–water partition coefficient (Wildman–Crippen LogP) is 3.50. The van der Waals surface area contributed by atoms with Crippen molar-refractivity contribution in [1.82, 2.24) is 15.8 Å². The Morgan fingerprint density at radius 2 is 1.77 bits per heavy atom. The molecule has 3 rings (SSSR count). The number of hydrazine groups is 1. The second-order valence-electron chi connectivity index (χ2n) is 5.16. The number of benzene rings is 2. The van der Waals surface area contributed by atoms with Crippen LogP contribution in [0.2, 0.25) is 0 Å². The van der Waals surface area contributed by atoms with Crippen molar-refractivity contribution < 1.29 is 14.0 Å². The highest BCUT2D eigenvalue weighted by Crippen LogP contribution is 2.27. The minimum Gasteiger partial charge on any atom is -0.272 e. The highest BCUT2D eigenvalue weighted by Gasteiger charge is 2.10. The number of hydrogen-bond donors (Lipinski definition) is 2. The van der Waals surface area contributed by atoms with E-state index in [0.29, 0.717) is 0 Å². The van der Waals surface area contributed by atoms with Gasteiger partial charge in [-0.25, -0.2) is 9.37 Å². The molecule has 2 amide bonds. The lowest BCUT2D eigenvalue weighted by Gasteiger charge is -2.06. The van der Waals surface area contributed by atoms with Gasteiger partial charge in [-0.15, -0.1) is 11.3 Å². The van der Waals surface area contributed by atoms with E-state index in [2.05, 4.69) is 15.8 Å². The first kappa shape index (κ1) is 18.1. The number of thioether (sulfide) groups is 1. The first-order chi connectivity index (χ1) is 12.6. The molecule has 1 aromatic heterocycles. The lowest BCUT2D eigenvalue weighted by molar-refractivity contribution is -0.119. The number of nitrogens with zero attached hydrogens (tertiary/aromatic N) is 1. The number of nitrogens with one attached hydrogen (secondary N) is 2. The van der Waals surface area contributed by atoms with Gasteiger partial charge < -0.3 is 0 Å². The lowest BCUT2D eigenvalue weighted by atomic mass is 10.2. The van der Waals surface area contributed by atoms with Gasteiger partial charge in [0.15, 0.2) is 4.34 Å². The summed E-state index contributed by atoms with van der Waals surface area (Å²) in [5.41, 5.74) is 6.76. The number of hydrogen-bond acceptors (Lipinski definition) is 5. The van der Waals surface area contributed by atoms with Crippen molar-refractivity contribution in [3.05, 3.63) is 71.4 Å². The molecule has 0 saturated carbocycles. The van der Waals surface area contributed by atoms with Crippen LogP contribution >= 0.6 is 23.1 Å². The van der Waals surface area contributed by atoms with Gasteiger partial charge in [0.2, 0.25) is 5.91 Å². The van der Waals surface area contributed by atoms with Crippen LogP contribution in [0, 0.1) is 5.82 Å². The zero-order valence-corrected chi connectivity index (χ0v) is 15.1. The quantitative estimate of drug-likeness (QED) is 0.519. The summed E-state index contributed by atoms with van der Waals surface area (Å²) in [4.78, 5) is 28.2. The van der Waals surface area contributed by atoms with Crippen molar-refractivity contribution in [3.63, 3.8) is 0 Å². The highest BCUT2D eigenvalue weighted by molar-refractivity contribution is 8.01. The molecule has 0 aliphatic carbocycles. The normalized spacial score (nSPS) is 10.3. The van der Waals surface area contributed by atoms with Gasteiger partial charge in [-0.05, 0) is 24.3 Å². The molecule has 0 saturated heterocycles. The van der Waals surface area contributed by atoms with Crippen molar-refractivity contribution in [2.24, 2.45) is 0 Å². The third kappa shape index (κ3) is 4.90. The number of rotatable bonds is 5. The Bertz CT molecular complexity index is 898. The topological polar surface area (TPSA) is 71.1 Å². The predicted molar refractivity (Wildman–Crippen MR) is 100 cm³/mol. The Hall–Kier alpha value is -2.71. The van der Waals surface area contributed by atoms with Crippen LogP contribution in [0.5, 0.6) is 0 Å². The number of amides is 2. The van der Waals surface area contributed by atoms with Crippen molar-refractivity contribution in [3.8, 4) is 11.3 Å². The highest BCUT2D eigenvalue weighted by atomic mass is 32.2. The molecule has 3 aromatic rings. The van der Waals surface area contributed by atoms with E-state index in [0.717, 1.165) is 15.6 Å². The fourth-order valence-corrected chi connectivity index (χ4v) is 3.66. The summed E-state index contributed by atoms with van der Waals surface area (Å²) in [6.07, 6.45) is 0. The number of halogens is 1. The fourth-order valence-electron chi connectivity index (χ4n) is 2.03. The van der Waals surface area contributed by atoms with Gasteiger partial charge in [0, 0.05) is 16.5 Å². The molecule has 0 bridgehead atoms. The van der Waals surface area contributed by atoms with Crippen LogP contribution in [0.3, 0.4) is 0 Å². The molecule has 0 radical (unpaired) electrons. The van der Waals surface area contributed by atoms with Crippen LogP contribution in [-0.4, -0.2) is 22.6 Å². The third-order valence-corrected chi connectivity index (χ3v) is 5.32. The Balaban J connectivity index is 1.46. The zero-order chi connectivity index (χ0) is 18.4. The molecule has 132 valence electrons. The van der Waals surface area contributed by atoms with Crippen molar-refractivity contribution in [2.45, 2.75) is 4.34 Å². The summed E-state index contributed by atoms with van der Waals surface area (Å²) in [7, 11) is 0. The van der Waals surface area contributed by atoms with E-state index in [1.54, 1.807) is 0 Å². The number of aromatic nitrogens is 1. The summed E-state index contributed by atoms with van der Waals surface area (Å²) in [6, 6.07) is 14.8. The van der Waals surface area contributed by atoms with Crippen molar-refractivity contribution >= 4 is 34.9 Å². The molecule has 0 spiro atoms.